The summed E-state index contributed by atoms with van der Waals surface area (Å²) in [6, 6.07) is 0.526. The van der Waals surface area contributed by atoms with Gasteiger partial charge in [0.15, 0.2) is 5.82 Å². The highest BCUT2D eigenvalue weighted by Crippen LogP contribution is 2.10. The maximum Gasteiger partial charge on any atom is 0.228 e. The molecule has 1 aromatic rings. The Balaban J connectivity index is 1.88. The van der Waals surface area contributed by atoms with Crippen molar-refractivity contribution in [2.45, 2.75) is 31.8 Å². The normalized spacial score (nSPS) is 21.6. The molecule has 0 amide bonds. The third-order valence-corrected chi connectivity index (χ3v) is 2.43. The topological polar surface area (TPSA) is 63.0 Å². The number of rotatable bonds is 4. The Hall–Kier alpha value is -0.940. The Kier molecular flexibility index (Phi) is 3.10. The summed E-state index contributed by atoms with van der Waals surface area (Å²) >= 11 is 0. The van der Waals surface area contributed by atoms with Crippen LogP contribution in [0.3, 0.4) is 0 Å². The SMILES string of the molecule is CNCc1noc(CC2CCCN2)n1. The van der Waals surface area contributed by atoms with Crippen LogP contribution in [0.1, 0.15) is 24.6 Å². The molecule has 2 heterocycles. The van der Waals surface area contributed by atoms with Gasteiger partial charge in [-0.15, -0.1) is 0 Å². The third-order valence-electron chi connectivity index (χ3n) is 2.43. The van der Waals surface area contributed by atoms with Gasteiger partial charge >= 0.3 is 0 Å². The summed E-state index contributed by atoms with van der Waals surface area (Å²) < 4.78 is 5.14. The van der Waals surface area contributed by atoms with Crippen molar-refractivity contribution >= 4 is 0 Å². The molecule has 14 heavy (non-hydrogen) atoms. The summed E-state index contributed by atoms with van der Waals surface area (Å²) in [6.07, 6.45) is 3.32. The fraction of sp³-hybridized carbons (Fsp3) is 0.778. The van der Waals surface area contributed by atoms with E-state index in [2.05, 4.69) is 20.8 Å². The molecule has 1 saturated heterocycles. The predicted molar refractivity (Wildman–Crippen MR) is 51.8 cm³/mol. The van der Waals surface area contributed by atoms with Crippen LogP contribution in [0.5, 0.6) is 0 Å². The van der Waals surface area contributed by atoms with Crippen molar-refractivity contribution in [2.75, 3.05) is 13.6 Å². The van der Waals surface area contributed by atoms with Gasteiger partial charge in [0.2, 0.25) is 5.89 Å². The molecule has 0 spiro atoms. The molecule has 0 aromatic carbocycles. The van der Waals surface area contributed by atoms with Crippen LogP contribution in [0, 0.1) is 0 Å². The lowest BCUT2D eigenvalue weighted by Crippen LogP contribution is -2.23. The van der Waals surface area contributed by atoms with Crippen LogP contribution < -0.4 is 10.6 Å². The first-order valence-electron chi connectivity index (χ1n) is 5.08. The molecule has 5 nitrogen and oxygen atoms in total. The van der Waals surface area contributed by atoms with Gasteiger partial charge in [0.25, 0.3) is 0 Å². The molecule has 1 atom stereocenters. The third kappa shape index (κ3) is 2.30. The number of hydrogen-bond acceptors (Lipinski definition) is 5. The van der Waals surface area contributed by atoms with Crippen molar-refractivity contribution in [3.8, 4) is 0 Å². The molecule has 1 unspecified atom stereocenters. The van der Waals surface area contributed by atoms with Crippen LogP contribution in [-0.2, 0) is 13.0 Å². The van der Waals surface area contributed by atoms with Crippen LogP contribution in [-0.4, -0.2) is 29.8 Å². The highest BCUT2D eigenvalue weighted by atomic mass is 16.5. The van der Waals surface area contributed by atoms with Crippen molar-refractivity contribution in [1.29, 1.82) is 0 Å². The molecule has 0 saturated carbocycles. The van der Waals surface area contributed by atoms with E-state index in [0.717, 1.165) is 24.7 Å². The first-order chi connectivity index (χ1) is 6.88. The number of hydrogen-bond donors (Lipinski definition) is 2. The van der Waals surface area contributed by atoms with E-state index >= 15 is 0 Å². The standard InChI is InChI=1S/C9H16N4O/c1-10-6-8-12-9(14-13-8)5-7-3-2-4-11-7/h7,10-11H,2-6H2,1H3. The molecule has 0 radical (unpaired) electrons. The summed E-state index contributed by atoms with van der Waals surface area (Å²) in [5, 5.41) is 10.3. The first kappa shape index (κ1) is 9.61. The van der Waals surface area contributed by atoms with Gasteiger partial charge in [0, 0.05) is 12.5 Å². The molecule has 1 aliphatic rings. The number of aromatic nitrogens is 2. The van der Waals surface area contributed by atoms with Crippen LogP contribution in [0.15, 0.2) is 4.52 Å². The molecular formula is C9H16N4O. The van der Waals surface area contributed by atoms with Gasteiger partial charge < -0.3 is 15.2 Å². The van der Waals surface area contributed by atoms with Gasteiger partial charge in [-0.1, -0.05) is 5.16 Å². The fourth-order valence-corrected chi connectivity index (χ4v) is 1.74. The Morgan fingerprint density at radius 3 is 3.29 bits per heavy atom. The minimum Gasteiger partial charge on any atom is -0.339 e. The quantitative estimate of drug-likeness (QED) is 0.714. The zero-order valence-electron chi connectivity index (χ0n) is 8.42. The van der Waals surface area contributed by atoms with Crippen LogP contribution in [0.4, 0.5) is 0 Å². The monoisotopic (exact) mass is 196 g/mol. The summed E-state index contributed by atoms with van der Waals surface area (Å²) in [4.78, 5) is 4.28. The van der Waals surface area contributed by atoms with Crippen molar-refractivity contribution in [2.24, 2.45) is 0 Å². The van der Waals surface area contributed by atoms with Gasteiger partial charge in [-0.25, -0.2) is 0 Å². The molecule has 1 aliphatic heterocycles. The summed E-state index contributed by atoms with van der Waals surface area (Å²) in [7, 11) is 1.87. The van der Waals surface area contributed by atoms with E-state index in [9.17, 15) is 0 Å². The second-order valence-corrected chi connectivity index (χ2v) is 3.63. The second-order valence-electron chi connectivity index (χ2n) is 3.63. The molecule has 0 aliphatic carbocycles. The lowest BCUT2D eigenvalue weighted by Gasteiger charge is -2.04. The van der Waals surface area contributed by atoms with Gasteiger partial charge in [-0.3, -0.25) is 0 Å². The van der Waals surface area contributed by atoms with Crippen LogP contribution >= 0.6 is 0 Å². The molecule has 1 aromatic heterocycles. The van der Waals surface area contributed by atoms with Crippen LogP contribution in [0.25, 0.3) is 0 Å². The summed E-state index contributed by atoms with van der Waals surface area (Å²) in [6.45, 7) is 1.78. The highest BCUT2D eigenvalue weighted by molar-refractivity contribution is 4.90. The molecule has 2 rings (SSSR count). The Morgan fingerprint density at radius 1 is 1.64 bits per heavy atom. The van der Waals surface area contributed by atoms with E-state index in [4.69, 9.17) is 4.52 Å². The Bertz CT molecular complexity index is 280. The summed E-state index contributed by atoms with van der Waals surface area (Å²) in [5.41, 5.74) is 0. The van der Waals surface area contributed by atoms with Crippen molar-refractivity contribution < 1.29 is 4.52 Å². The predicted octanol–water partition coefficient (Wildman–Crippen LogP) is 0.0835. The van der Waals surface area contributed by atoms with Gasteiger partial charge in [0.05, 0.1) is 6.54 Å². The average molecular weight is 196 g/mol. The van der Waals surface area contributed by atoms with Crippen molar-refractivity contribution in [3.05, 3.63) is 11.7 Å². The smallest absolute Gasteiger partial charge is 0.228 e. The first-order valence-corrected chi connectivity index (χ1v) is 5.08. The van der Waals surface area contributed by atoms with E-state index in [-0.39, 0.29) is 0 Å². The lowest BCUT2D eigenvalue weighted by molar-refractivity contribution is 0.359. The molecule has 1 fully saturated rings. The van der Waals surface area contributed by atoms with E-state index < -0.39 is 0 Å². The van der Waals surface area contributed by atoms with Crippen molar-refractivity contribution in [3.63, 3.8) is 0 Å². The molecule has 0 bridgehead atoms. The zero-order chi connectivity index (χ0) is 9.80. The van der Waals surface area contributed by atoms with E-state index in [0.29, 0.717) is 12.6 Å². The Morgan fingerprint density at radius 2 is 2.57 bits per heavy atom. The van der Waals surface area contributed by atoms with Crippen LogP contribution in [0.2, 0.25) is 0 Å². The highest BCUT2D eigenvalue weighted by Gasteiger charge is 2.17. The number of nitrogens with zero attached hydrogens (tertiary/aromatic N) is 2. The Labute approximate surface area is 83.3 Å². The molecular weight excluding hydrogens is 180 g/mol. The molecule has 78 valence electrons. The second kappa shape index (κ2) is 4.52. The largest absolute Gasteiger partial charge is 0.339 e. The molecule has 5 heteroatoms. The lowest BCUT2D eigenvalue weighted by atomic mass is 10.1. The summed E-state index contributed by atoms with van der Waals surface area (Å²) in [5.74, 6) is 1.48. The minimum atomic E-state index is 0.526. The maximum absolute atomic E-state index is 5.14. The van der Waals surface area contributed by atoms with Gasteiger partial charge in [-0.2, -0.15) is 4.98 Å². The zero-order valence-corrected chi connectivity index (χ0v) is 8.42. The molecule has 2 N–H and O–H groups in total. The van der Waals surface area contributed by atoms with E-state index in [1.165, 1.54) is 12.8 Å². The average Bonchev–Trinajstić information content (AvgIpc) is 2.79. The van der Waals surface area contributed by atoms with Crippen molar-refractivity contribution in [1.82, 2.24) is 20.8 Å². The maximum atomic E-state index is 5.14. The van der Waals surface area contributed by atoms with Gasteiger partial charge in [-0.05, 0) is 26.4 Å². The number of nitrogens with one attached hydrogen (secondary N) is 2. The van der Waals surface area contributed by atoms with E-state index in [1.54, 1.807) is 0 Å². The minimum absolute atomic E-state index is 0.526. The fourth-order valence-electron chi connectivity index (χ4n) is 1.74. The van der Waals surface area contributed by atoms with E-state index in [1.807, 2.05) is 7.05 Å². The van der Waals surface area contributed by atoms with Gasteiger partial charge in [0.1, 0.15) is 0 Å².